The first kappa shape index (κ1) is 14.4. The molecule has 0 radical (unpaired) electrons. The van der Waals surface area contributed by atoms with Crippen LogP contribution in [0, 0.1) is 6.92 Å². The summed E-state index contributed by atoms with van der Waals surface area (Å²) in [5.74, 6) is -0.289. The molecule has 2 amide bonds. The van der Waals surface area contributed by atoms with Crippen LogP contribution in [-0.4, -0.2) is 29.9 Å². The van der Waals surface area contributed by atoms with Gasteiger partial charge in [0.1, 0.15) is 4.88 Å². The minimum absolute atomic E-state index is 0.0577. The molecule has 1 aromatic rings. The lowest BCUT2D eigenvalue weighted by Crippen LogP contribution is -2.30. The highest BCUT2D eigenvalue weighted by Gasteiger charge is 2.13. The predicted octanol–water partition coefficient (Wildman–Crippen LogP) is 0.680. The molecule has 1 aromatic heterocycles. The molecule has 7 heteroatoms. The molecule has 0 atom stereocenters. The molecule has 0 aromatic carbocycles. The van der Waals surface area contributed by atoms with Gasteiger partial charge in [0.25, 0.3) is 5.91 Å². The van der Waals surface area contributed by atoms with Crippen LogP contribution in [0.1, 0.15) is 35.1 Å². The maximum absolute atomic E-state index is 11.7. The summed E-state index contributed by atoms with van der Waals surface area (Å²) in [6.07, 6.45) is 1.18. The molecule has 0 aliphatic heterocycles. The number of carbonyl (C=O) groups is 2. The smallest absolute Gasteiger partial charge is 0.263 e. The first-order valence-electron chi connectivity index (χ1n) is 5.82. The second-order valence-corrected chi connectivity index (χ2v) is 4.85. The third kappa shape index (κ3) is 4.33. The number of nitrogens with two attached hydrogens (primary N) is 1. The Morgan fingerprint density at radius 1 is 1.33 bits per heavy atom. The van der Waals surface area contributed by atoms with Crippen molar-refractivity contribution in [2.24, 2.45) is 0 Å². The molecule has 0 aliphatic carbocycles. The molecule has 0 saturated carbocycles. The monoisotopic (exact) mass is 270 g/mol. The molecule has 1 rings (SSSR count). The van der Waals surface area contributed by atoms with Crippen LogP contribution >= 0.6 is 11.3 Å². The average molecular weight is 270 g/mol. The number of aryl methyl sites for hydroxylation is 1. The Morgan fingerprint density at radius 2 is 2.06 bits per heavy atom. The summed E-state index contributed by atoms with van der Waals surface area (Å²) in [7, 11) is 0. The van der Waals surface area contributed by atoms with Crippen LogP contribution in [0.3, 0.4) is 0 Å². The number of anilines is 1. The molecule has 6 nitrogen and oxygen atoms in total. The quantitative estimate of drug-likeness (QED) is 0.708. The van der Waals surface area contributed by atoms with Crippen molar-refractivity contribution >= 4 is 28.3 Å². The maximum atomic E-state index is 11.7. The van der Waals surface area contributed by atoms with Crippen LogP contribution in [0.25, 0.3) is 0 Å². The molecule has 0 spiro atoms. The van der Waals surface area contributed by atoms with E-state index in [0.29, 0.717) is 28.8 Å². The second kappa shape index (κ2) is 6.95. The summed E-state index contributed by atoms with van der Waals surface area (Å²) in [5, 5.41) is 5.79. The lowest BCUT2D eigenvalue weighted by molar-refractivity contribution is -0.120. The minimum atomic E-state index is -0.231. The number of nitrogens with one attached hydrogen (secondary N) is 2. The second-order valence-electron chi connectivity index (χ2n) is 3.82. The summed E-state index contributed by atoms with van der Waals surface area (Å²) in [5.41, 5.74) is 6.13. The zero-order valence-electron chi connectivity index (χ0n) is 10.6. The van der Waals surface area contributed by atoms with Crippen molar-refractivity contribution in [3.05, 3.63) is 10.6 Å². The molecule has 0 saturated heterocycles. The van der Waals surface area contributed by atoms with E-state index in [1.54, 1.807) is 6.92 Å². The number of amides is 2. The number of nitrogens with zero attached hydrogens (tertiary/aromatic N) is 1. The van der Waals surface area contributed by atoms with E-state index in [1.807, 2.05) is 6.92 Å². The highest BCUT2D eigenvalue weighted by Crippen LogP contribution is 2.19. The van der Waals surface area contributed by atoms with Crippen molar-refractivity contribution in [2.45, 2.75) is 26.7 Å². The normalized spacial score (nSPS) is 10.1. The van der Waals surface area contributed by atoms with Gasteiger partial charge in [0.05, 0.1) is 5.69 Å². The van der Waals surface area contributed by atoms with Gasteiger partial charge in [-0.2, -0.15) is 0 Å². The molecule has 100 valence electrons. The predicted molar refractivity (Wildman–Crippen MR) is 71.5 cm³/mol. The zero-order chi connectivity index (χ0) is 13.5. The molecule has 18 heavy (non-hydrogen) atoms. The summed E-state index contributed by atoms with van der Waals surface area (Å²) in [6.45, 7) is 4.69. The van der Waals surface area contributed by atoms with Gasteiger partial charge < -0.3 is 16.4 Å². The molecule has 1 heterocycles. The van der Waals surface area contributed by atoms with Crippen molar-refractivity contribution in [3.8, 4) is 0 Å². The summed E-state index contributed by atoms with van der Waals surface area (Å²) in [4.78, 5) is 27.5. The number of hydrogen-bond donors (Lipinski definition) is 3. The van der Waals surface area contributed by atoms with Crippen molar-refractivity contribution in [1.29, 1.82) is 0 Å². The van der Waals surface area contributed by atoms with Gasteiger partial charge in [0.15, 0.2) is 5.13 Å². The van der Waals surface area contributed by atoms with Crippen LogP contribution < -0.4 is 16.4 Å². The highest BCUT2D eigenvalue weighted by atomic mass is 32.1. The molecular weight excluding hydrogens is 252 g/mol. The Morgan fingerprint density at radius 3 is 2.61 bits per heavy atom. The van der Waals surface area contributed by atoms with Crippen LogP contribution in [0.15, 0.2) is 0 Å². The fraction of sp³-hybridized carbons (Fsp3) is 0.545. The van der Waals surface area contributed by atoms with E-state index in [9.17, 15) is 9.59 Å². The average Bonchev–Trinajstić information content (AvgIpc) is 2.65. The lowest BCUT2D eigenvalue weighted by Gasteiger charge is -2.05. The molecule has 0 fully saturated rings. The van der Waals surface area contributed by atoms with Crippen molar-refractivity contribution in [3.63, 3.8) is 0 Å². The van der Waals surface area contributed by atoms with E-state index in [2.05, 4.69) is 15.6 Å². The van der Waals surface area contributed by atoms with Crippen molar-refractivity contribution < 1.29 is 9.59 Å². The van der Waals surface area contributed by atoms with E-state index in [0.717, 1.165) is 17.8 Å². The Labute approximate surface area is 110 Å². The minimum Gasteiger partial charge on any atom is -0.375 e. The number of rotatable bonds is 6. The van der Waals surface area contributed by atoms with Crippen LogP contribution in [-0.2, 0) is 4.79 Å². The maximum Gasteiger partial charge on any atom is 0.263 e. The first-order valence-corrected chi connectivity index (χ1v) is 6.64. The van der Waals surface area contributed by atoms with Gasteiger partial charge in [-0.1, -0.05) is 18.3 Å². The molecule has 0 unspecified atom stereocenters. The molecule has 0 aliphatic rings. The Bertz CT molecular complexity index is 431. The fourth-order valence-electron chi connectivity index (χ4n) is 1.35. The van der Waals surface area contributed by atoms with Gasteiger partial charge in [-0.05, 0) is 13.3 Å². The molecule has 4 N–H and O–H groups in total. The largest absolute Gasteiger partial charge is 0.375 e. The van der Waals surface area contributed by atoms with E-state index in [4.69, 9.17) is 5.73 Å². The van der Waals surface area contributed by atoms with E-state index in [-0.39, 0.29) is 18.2 Å². The van der Waals surface area contributed by atoms with E-state index in [1.165, 1.54) is 0 Å². The Hall–Kier alpha value is -1.63. The number of carbonyl (C=O) groups excluding carboxylic acids is 2. The molecular formula is C11H18N4O2S. The summed E-state index contributed by atoms with van der Waals surface area (Å²) >= 11 is 1.15. The third-order valence-corrected chi connectivity index (χ3v) is 3.21. The van der Waals surface area contributed by atoms with Crippen LogP contribution in [0.5, 0.6) is 0 Å². The number of thiazole rings is 1. The van der Waals surface area contributed by atoms with Gasteiger partial charge in [0, 0.05) is 19.5 Å². The topological polar surface area (TPSA) is 97.1 Å². The summed E-state index contributed by atoms with van der Waals surface area (Å²) < 4.78 is 0. The third-order valence-electron chi connectivity index (χ3n) is 2.23. The SMILES string of the molecule is CCCNC(=O)CCNC(=O)c1sc(N)nc1C. The van der Waals surface area contributed by atoms with Gasteiger partial charge >= 0.3 is 0 Å². The number of hydrogen-bond acceptors (Lipinski definition) is 5. The molecule has 0 bridgehead atoms. The van der Waals surface area contributed by atoms with Crippen LogP contribution in [0.4, 0.5) is 5.13 Å². The van der Waals surface area contributed by atoms with Gasteiger partial charge in [-0.15, -0.1) is 0 Å². The van der Waals surface area contributed by atoms with E-state index < -0.39 is 0 Å². The van der Waals surface area contributed by atoms with Crippen molar-refractivity contribution in [1.82, 2.24) is 15.6 Å². The number of aromatic nitrogens is 1. The summed E-state index contributed by atoms with van der Waals surface area (Å²) in [6, 6.07) is 0. The van der Waals surface area contributed by atoms with Gasteiger partial charge in [-0.25, -0.2) is 4.98 Å². The highest BCUT2D eigenvalue weighted by molar-refractivity contribution is 7.17. The van der Waals surface area contributed by atoms with Gasteiger partial charge in [-0.3, -0.25) is 9.59 Å². The van der Waals surface area contributed by atoms with E-state index >= 15 is 0 Å². The standard InChI is InChI=1S/C11H18N4O2S/c1-3-5-13-8(16)4-6-14-10(17)9-7(2)15-11(12)18-9/h3-6H2,1-2H3,(H2,12,15)(H,13,16)(H,14,17). The fourth-order valence-corrected chi connectivity index (χ4v) is 2.10. The number of nitrogen functional groups attached to an aromatic ring is 1. The van der Waals surface area contributed by atoms with Crippen LogP contribution in [0.2, 0.25) is 0 Å². The van der Waals surface area contributed by atoms with Gasteiger partial charge in [0.2, 0.25) is 5.91 Å². The Kier molecular flexibility index (Phi) is 5.57. The van der Waals surface area contributed by atoms with Crippen molar-refractivity contribution in [2.75, 3.05) is 18.8 Å². The zero-order valence-corrected chi connectivity index (χ0v) is 11.4. The first-order chi connectivity index (χ1) is 8.54. The Balaban J connectivity index is 2.34. The lowest BCUT2D eigenvalue weighted by atomic mass is 10.3.